The van der Waals surface area contributed by atoms with Crippen LogP contribution in [0.2, 0.25) is 0 Å². The van der Waals surface area contributed by atoms with E-state index in [0.717, 1.165) is 5.88 Å². The van der Waals surface area contributed by atoms with E-state index in [0.29, 0.717) is 0 Å². The summed E-state index contributed by atoms with van der Waals surface area (Å²) in [5.74, 6) is 0.827. The topological polar surface area (TPSA) is 12.0 Å². The van der Waals surface area contributed by atoms with Crippen LogP contribution in [0.25, 0.3) is 0 Å². The largest absolute Gasteiger partial charge is 0.323 e. The third-order valence-corrected chi connectivity index (χ3v) is 1.00. The summed E-state index contributed by atoms with van der Waals surface area (Å²) in [6.45, 7) is 2.17. The molecule has 0 spiro atoms. The SMILES string of the molecule is CCCCCCl.CNC.Cl. The van der Waals surface area contributed by atoms with E-state index in [2.05, 4.69) is 12.2 Å². The van der Waals surface area contributed by atoms with Crippen molar-refractivity contribution in [3.8, 4) is 0 Å². The summed E-state index contributed by atoms with van der Waals surface area (Å²) in [5.41, 5.74) is 0. The summed E-state index contributed by atoms with van der Waals surface area (Å²) in [4.78, 5) is 0. The van der Waals surface area contributed by atoms with Crippen LogP contribution in [0.4, 0.5) is 0 Å². The Morgan fingerprint density at radius 2 is 1.60 bits per heavy atom. The van der Waals surface area contributed by atoms with Crippen LogP contribution in [-0.2, 0) is 0 Å². The van der Waals surface area contributed by atoms with Crippen LogP contribution < -0.4 is 5.32 Å². The van der Waals surface area contributed by atoms with Gasteiger partial charge in [0.2, 0.25) is 0 Å². The Hall–Kier alpha value is 0.540. The zero-order valence-corrected chi connectivity index (χ0v) is 8.69. The molecule has 0 saturated carbocycles. The maximum Gasteiger partial charge on any atom is 0.0223 e. The molecule has 0 aliphatic carbocycles. The normalized spacial score (nSPS) is 7.20. The standard InChI is InChI=1S/C5H11Cl.C2H7N.ClH/c1-2-3-4-5-6;1-3-2;/h2-5H2,1H3;3H,1-2H3;1H. The van der Waals surface area contributed by atoms with Crippen LogP contribution in [0.1, 0.15) is 26.2 Å². The predicted octanol–water partition coefficient (Wildman–Crippen LogP) is 2.67. The number of alkyl halides is 1. The van der Waals surface area contributed by atoms with Gasteiger partial charge in [0, 0.05) is 5.88 Å². The van der Waals surface area contributed by atoms with Gasteiger partial charge in [-0.15, -0.1) is 24.0 Å². The molecule has 0 heterocycles. The third kappa shape index (κ3) is 38.7. The van der Waals surface area contributed by atoms with Crippen LogP contribution in [-0.4, -0.2) is 20.0 Å². The van der Waals surface area contributed by atoms with Crippen molar-refractivity contribution < 1.29 is 0 Å². The van der Waals surface area contributed by atoms with E-state index >= 15 is 0 Å². The summed E-state index contributed by atoms with van der Waals surface area (Å²) in [6, 6.07) is 0. The van der Waals surface area contributed by atoms with Crippen molar-refractivity contribution in [1.29, 1.82) is 0 Å². The summed E-state index contributed by atoms with van der Waals surface area (Å²) in [6.07, 6.45) is 3.73. The highest BCUT2D eigenvalue weighted by Crippen LogP contribution is 1.93. The van der Waals surface area contributed by atoms with Crippen molar-refractivity contribution in [2.75, 3.05) is 20.0 Å². The summed E-state index contributed by atoms with van der Waals surface area (Å²) in [7, 11) is 3.75. The van der Waals surface area contributed by atoms with Gasteiger partial charge in [-0.25, -0.2) is 0 Å². The molecule has 0 radical (unpaired) electrons. The number of nitrogens with one attached hydrogen (secondary N) is 1. The highest BCUT2D eigenvalue weighted by atomic mass is 35.5. The molecule has 0 aromatic carbocycles. The molecular weight excluding hydrogens is 169 g/mol. The summed E-state index contributed by atoms with van der Waals surface area (Å²) < 4.78 is 0. The molecule has 0 unspecified atom stereocenters. The molecule has 0 fully saturated rings. The van der Waals surface area contributed by atoms with Gasteiger partial charge in [0.15, 0.2) is 0 Å². The monoisotopic (exact) mass is 187 g/mol. The second-order valence-electron chi connectivity index (χ2n) is 1.90. The molecule has 66 valence electrons. The number of rotatable bonds is 3. The molecule has 1 nitrogen and oxygen atoms in total. The predicted molar refractivity (Wildman–Crippen MR) is 52.5 cm³/mol. The Labute approximate surface area is 75.9 Å². The maximum atomic E-state index is 5.38. The minimum Gasteiger partial charge on any atom is -0.323 e. The van der Waals surface area contributed by atoms with Crippen molar-refractivity contribution in [3.05, 3.63) is 0 Å². The number of hydrogen-bond donors (Lipinski definition) is 1. The molecule has 0 amide bonds. The van der Waals surface area contributed by atoms with E-state index in [-0.39, 0.29) is 12.4 Å². The van der Waals surface area contributed by atoms with Crippen LogP contribution in [0.5, 0.6) is 0 Å². The van der Waals surface area contributed by atoms with Crippen molar-refractivity contribution in [2.24, 2.45) is 0 Å². The van der Waals surface area contributed by atoms with E-state index in [1.807, 2.05) is 14.1 Å². The molecule has 0 aliphatic rings. The summed E-state index contributed by atoms with van der Waals surface area (Å²) >= 11 is 5.38. The summed E-state index contributed by atoms with van der Waals surface area (Å²) in [5, 5.41) is 2.75. The fourth-order valence-corrected chi connectivity index (χ4v) is 0.533. The van der Waals surface area contributed by atoms with Gasteiger partial charge < -0.3 is 5.32 Å². The van der Waals surface area contributed by atoms with Crippen molar-refractivity contribution >= 4 is 24.0 Å². The first-order chi connectivity index (χ1) is 4.33. The van der Waals surface area contributed by atoms with Crippen LogP contribution in [0, 0.1) is 0 Å². The fraction of sp³-hybridized carbons (Fsp3) is 1.00. The van der Waals surface area contributed by atoms with Crippen LogP contribution in [0.15, 0.2) is 0 Å². The molecule has 0 saturated heterocycles. The molecule has 1 N–H and O–H groups in total. The van der Waals surface area contributed by atoms with E-state index < -0.39 is 0 Å². The Morgan fingerprint density at radius 3 is 1.70 bits per heavy atom. The van der Waals surface area contributed by atoms with Crippen molar-refractivity contribution in [2.45, 2.75) is 26.2 Å². The van der Waals surface area contributed by atoms with Gasteiger partial charge in [0.1, 0.15) is 0 Å². The Morgan fingerprint density at radius 1 is 1.20 bits per heavy atom. The molecule has 0 aromatic heterocycles. The maximum absolute atomic E-state index is 5.38. The zero-order chi connectivity index (χ0) is 7.54. The van der Waals surface area contributed by atoms with Crippen LogP contribution in [0.3, 0.4) is 0 Å². The first-order valence-electron chi connectivity index (χ1n) is 3.47. The first-order valence-corrected chi connectivity index (χ1v) is 4.01. The first kappa shape index (κ1) is 16.9. The minimum atomic E-state index is 0. The second kappa shape index (κ2) is 22.7. The lowest BCUT2D eigenvalue weighted by Crippen LogP contribution is -1.89. The van der Waals surface area contributed by atoms with Gasteiger partial charge >= 0.3 is 0 Å². The Kier molecular flexibility index (Phi) is 38.3. The van der Waals surface area contributed by atoms with Gasteiger partial charge in [0.25, 0.3) is 0 Å². The molecule has 3 heteroatoms. The average molecular weight is 188 g/mol. The van der Waals surface area contributed by atoms with Gasteiger partial charge in [0.05, 0.1) is 0 Å². The highest BCUT2D eigenvalue weighted by Gasteiger charge is 1.76. The zero-order valence-electron chi connectivity index (χ0n) is 7.11. The van der Waals surface area contributed by atoms with Gasteiger partial charge in [-0.3, -0.25) is 0 Å². The number of halogens is 2. The van der Waals surface area contributed by atoms with E-state index in [4.69, 9.17) is 11.6 Å². The van der Waals surface area contributed by atoms with Gasteiger partial charge in [-0.1, -0.05) is 19.8 Å². The lowest BCUT2D eigenvalue weighted by Gasteiger charge is -1.84. The molecule has 0 aliphatic heterocycles. The van der Waals surface area contributed by atoms with Crippen LogP contribution >= 0.6 is 24.0 Å². The molecule has 0 bridgehead atoms. The third-order valence-electron chi connectivity index (χ3n) is 0.737. The number of hydrogen-bond acceptors (Lipinski definition) is 1. The highest BCUT2D eigenvalue weighted by molar-refractivity contribution is 6.17. The number of unbranched alkanes of at least 4 members (excludes halogenated alkanes) is 2. The molecule has 10 heavy (non-hydrogen) atoms. The minimum absolute atomic E-state index is 0. The fourth-order valence-electron chi connectivity index (χ4n) is 0.344. The smallest absolute Gasteiger partial charge is 0.0223 e. The van der Waals surface area contributed by atoms with E-state index in [9.17, 15) is 0 Å². The molecule has 0 atom stereocenters. The average Bonchev–Trinajstić information content (AvgIpc) is 1.86. The van der Waals surface area contributed by atoms with Crippen molar-refractivity contribution in [3.63, 3.8) is 0 Å². The Balaban J connectivity index is -0.000000107. The lowest BCUT2D eigenvalue weighted by atomic mass is 10.3. The van der Waals surface area contributed by atoms with Gasteiger partial charge in [-0.05, 0) is 20.5 Å². The van der Waals surface area contributed by atoms with Gasteiger partial charge in [-0.2, -0.15) is 0 Å². The molecular formula is C7H19Cl2N. The Bertz CT molecular complexity index is 30.8. The molecule has 0 aromatic rings. The van der Waals surface area contributed by atoms with E-state index in [1.165, 1.54) is 19.3 Å². The quantitative estimate of drug-likeness (QED) is 0.530. The molecule has 0 rings (SSSR count). The second-order valence-corrected chi connectivity index (χ2v) is 2.27. The lowest BCUT2D eigenvalue weighted by molar-refractivity contribution is 0.776. The van der Waals surface area contributed by atoms with Crippen molar-refractivity contribution in [1.82, 2.24) is 5.32 Å². The van der Waals surface area contributed by atoms with E-state index in [1.54, 1.807) is 0 Å².